The van der Waals surface area contributed by atoms with Crippen LogP contribution in [-0.4, -0.2) is 32.6 Å². The van der Waals surface area contributed by atoms with Crippen molar-refractivity contribution in [3.63, 3.8) is 0 Å². The van der Waals surface area contributed by atoms with Crippen LogP contribution < -0.4 is 4.90 Å². The summed E-state index contributed by atoms with van der Waals surface area (Å²) in [5, 5.41) is 0. The molecule has 0 unspecified atom stereocenters. The van der Waals surface area contributed by atoms with E-state index in [-0.39, 0.29) is 0 Å². The first kappa shape index (κ1) is 14.4. The van der Waals surface area contributed by atoms with Crippen molar-refractivity contribution in [2.45, 2.75) is 26.4 Å². The third-order valence-electron chi connectivity index (χ3n) is 4.04. The number of likely N-dealkylation sites (N-methyl/N-ethyl adjacent to an activating group) is 1. The van der Waals surface area contributed by atoms with Crippen LogP contribution in [0.15, 0.2) is 49.1 Å². The second-order valence-electron chi connectivity index (χ2n) is 5.57. The van der Waals surface area contributed by atoms with Gasteiger partial charge in [0.2, 0.25) is 0 Å². The highest BCUT2D eigenvalue weighted by molar-refractivity contribution is 5.53. The number of aromatic nitrogens is 4. The van der Waals surface area contributed by atoms with E-state index in [0.717, 1.165) is 23.8 Å². The molecule has 1 N–H and O–H groups in total. The molecule has 1 atom stereocenters. The predicted octanol–water partition coefficient (Wildman–Crippen LogP) is 3.11. The first-order valence-electron chi connectivity index (χ1n) is 7.46. The lowest BCUT2D eigenvalue weighted by molar-refractivity contribution is 0.567. The van der Waals surface area contributed by atoms with Crippen molar-refractivity contribution in [2.75, 3.05) is 11.9 Å². The van der Waals surface area contributed by atoms with Gasteiger partial charge in [0.05, 0.1) is 6.33 Å². The number of rotatable bonds is 5. The fourth-order valence-corrected chi connectivity index (χ4v) is 2.58. The molecule has 3 aromatic rings. The number of H-pyrrole nitrogens is 1. The molecule has 22 heavy (non-hydrogen) atoms. The first-order chi connectivity index (χ1) is 10.7. The van der Waals surface area contributed by atoms with Gasteiger partial charge in [-0.05, 0) is 26.0 Å². The molecule has 0 bridgehead atoms. The smallest absolute Gasteiger partial charge is 0.160 e. The Balaban J connectivity index is 1.80. The van der Waals surface area contributed by atoms with Gasteiger partial charge < -0.3 is 14.5 Å². The summed E-state index contributed by atoms with van der Waals surface area (Å²) in [6, 6.07) is 10.8. The lowest BCUT2D eigenvalue weighted by atomic mass is 10.2. The van der Waals surface area contributed by atoms with E-state index >= 15 is 0 Å². The molecule has 0 radical (unpaired) electrons. The molecule has 2 aromatic heterocycles. The SMILES string of the molecule is Cc1[nH]cnc1-c1nccn1C[C@H](C)N(C)c1ccccc1. The highest BCUT2D eigenvalue weighted by Crippen LogP contribution is 2.20. The van der Waals surface area contributed by atoms with E-state index in [1.165, 1.54) is 5.69 Å². The second kappa shape index (κ2) is 6.05. The van der Waals surface area contributed by atoms with Crippen molar-refractivity contribution >= 4 is 5.69 Å². The summed E-state index contributed by atoms with van der Waals surface area (Å²) in [5.41, 5.74) is 3.17. The fourth-order valence-electron chi connectivity index (χ4n) is 2.58. The van der Waals surface area contributed by atoms with Crippen LogP contribution in [0.25, 0.3) is 11.5 Å². The molecule has 0 aliphatic heterocycles. The van der Waals surface area contributed by atoms with Gasteiger partial charge in [0, 0.05) is 43.4 Å². The molecule has 0 saturated heterocycles. The van der Waals surface area contributed by atoms with Gasteiger partial charge in [-0.15, -0.1) is 0 Å². The number of benzene rings is 1. The second-order valence-corrected chi connectivity index (χ2v) is 5.57. The van der Waals surface area contributed by atoms with Crippen LogP contribution in [0.1, 0.15) is 12.6 Å². The maximum absolute atomic E-state index is 4.47. The number of nitrogens with one attached hydrogen (secondary N) is 1. The van der Waals surface area contributed by atoms with Gasteiger partial charge in [-0.25, -0.2) is 9.97 Å². The van der Waals surface area contributed by atoms with Crippen LogP contribution in [0, 0.1) is 6.92 Å². The Labute approximate surface area is 130 Å². The fraction of sp³-hybridized carbons (Fsp3) is 0.294. The van der Waals surface area contributed by atoms with Gasteiger partial charge in [-0.2, -0.15) is 0 Å². The highest BCUT2D eigenvalue weighted by atomic mass is 15.2. The van der Waals surface area contributed by atoms with Crippen molar-refractivity contribution in [3.8, 4) is 11.5 Å². The molecule has 0 spiro atoms. The van der Waals surface area contributed by atoms with E-state index in [2.05, 4.69) is 62.7 Å². The number of para-hydroxylation sites is 1. The summed E-state index contributed by atoms with van der Waals surface area (Å²) in [7, 11) is 2.12. The van der Waals surface area contributed by atoms with E-state index in [4.69, 9.17) is 0 Å². The molecule has 0 saturated carbocycles. The van der Waals surface area contributed by atoms with E-state index in [1.807, 2.05) is 25.4 Å². The van der Waals surface area contributed by atoms with Crippen molar-refractivity contribution in [1.82, 2.24) is 19.5 Å². The molecule has 0 fully saturated rings. The third-order valence-corrected chi connectivity index (χ3v) is 4.04. The largest absolute Gasteiger partial charge is 0.370 e. The number of aryl methyl sites for hydroxylation is 1. The molecule has 5 nitrogen and oxygen atoms in total. The Morgan fingerprint density at radius 3 is 2.68 bits per heavy atom. The Morgan fingerprint density at radius 2 is 2.00 bits per heavy atom. The van der Waals surface area contributed by atoms with Gasteiger partial charge >= 0.3 is 0 Å². The minimum Gasteiger partial charge on any atom is -0.370 e. The Kier molecular flexibility index (Phi) is 3.96. The van der Waals surface area contributed by atoms with Gasteiger partial charge in [-0.1, -0.05) is 18.2 Å². The van der Waals surface area contributed by atoms with E-state index in [0.29, 0.717) is 6.04 Å². The van der Waals surface area contributed by atoms with Gasteiger partial charge in [0.1, 0.15) is 5.69 Å². The molecule has 0 amide bonds. The molecule has 114 valence electrons. The quantitative estimate of drug-likeness (QED) is 0.787. The number of aromatic amines is 1. The lowest BCUT2D eigenvalue weighted by Crippen LogP contribution is -2.32. The lowest BCUT2D eigenvalue weighted by Gasteiger charge is -2.27. The summed E-state index contributed by atoms with van der Waals surface area (Å²) < 4.78 is 2.16. The van der Waals surface area contributed by atoms with Crippen molar-refractivity contribution < 1.29 is 0 Å². The molecule has 2 heterocycles. The number of anilines is 1. The van der Waals surface area contributed by atoms with Crippen LogP contribution in [-0.2, 0) is 6.54 Å². The summed E-state index contributed by atoms with van der Waals surface area (Å²) in [4.78, 5) is 14.2. The molecular weight excluding hydrogens is 274 g/mol. The maximum atomic E-state index is 4.47. The van der Waals surface area contributed by atoms with Crippen LogP contribution >= 0.6 is 0 Å². The molecular formula is C17H21N5. The van der Waals surface area contributed by atoms with E-state index in [9.17, 15) is 0 Å². The molecule has 0 aliphatic carbocycles. The molecule has 5 heteroatoms. The Morgan fingerprint density at radius 1 is 1.23 bits per heavy atom. The predicted molar refractivity (Wildman–Crippen MR) is 88.9 cm³/mol. The van der Waals surface area contributed by atoms with Gasteiger partial charge in [0.25, 0.3) is 0 Å². The summed E-state index contributed by atoms with van der Waals surface area (Å²) in [6.07, 6.45) is 5.56. The van der Waals surface area contributed by atoms with E-state index in [1.54, 1.807) is 6.33 Å². The molecule has 3 rings (SSSR count). The normalized spacial score (nSPS) is 12.3. The van der Waals surface area contributed by atoms with Gasteiger partial charge in [-0.3, -0.25) is 0 Å². The Hall–Kier alpha value is -2.56. The van der Waals surface area contributed by atoms with Crippen molar-refractivity contribution in [3.05, 3.63) is 54.7 Å². The van der Waals surface area contributed by atoms with Crippen molar-refractivity contribution in [2.24, 2.45) is 0 Å². The minimum atomic E-state index is 0.342. The van der Waals surface area contributed by atoms with Crippen molar-refractivity contribution in [1.29, 1.82) is 0 Å². The number of imidazole rings is 2. The topological polar surface area (TPSA) is 49.7 Å². The standard InChI is InChI=1S/C17H21N5/c1-13(21(3)15-7-5-4-6-8-15)11-22-10-9-18-17(22)16-14(2)19-12-20-16/h4-10,12-13H,11H2,1-3H3,(H,19,20)/t13-/m0/s1. The number of hydrogen-bond donors (Lipinski definition) is 1. The summed E-state index contributed by atoms with van der Waals surface area (Å²) in [6.45, 7) is 5.09. The third kappa shape index (κ3) is 2.74. The summed E-state index contributed by atoms with van der Waals surface area (Å²) in [5.74, 6) is 0.909. The first-order valence-corrected chi connectivity index (χ1v) is 7.46. The maximum Gasteiger partial charge on any atom is 0.160 e. The average molecular weight is 295 g/mol. The Bertz CT molecular complexity index is 728. The average Bonchev–Trinajstić information content (AvgIpc) is 3.15. The molecule has 0 aliphatic rings. The van der Waals surface area contributed by atoms with E-state index < -0.39 is 0 Å². The van der Waals surface area contributed by atoms with Crippen LogP contribution in [0.4, 0.5) is 5.69 Å². The van der Waals surface area contributed by atoms with Gasteiger partial charge in [0.15, 0.2) is 5.82 Å². The highest BCUT2D eigenvalue weighted by Gasteiger charge is 2.15. The molecule has 1 aromatic carbocycles. The zero-order valence-corrected chi connectivity index (χ0v) is 13.2. The monoisotopic (exact) mass is 295 g/mol. The van der Waals surface area contributed by atoms with Crippen LogP contribution in [0.3, 0.4) is 0 Å². The summed E-state index contributed by atoms with van der Waals surface area (Å²) >= 11 is 0. The number of hydrogen-bond acceptors (Lipinski definition) is 3. The zero-order chi connectivity index (χ0) is 15.5. The van der Waals surface area contributed by atoms with Crippen LogP contribution in [0.5, 0.6) is 0 Å². The number of nitrogens with zero attached hydrogens (tertiary/aromatic N) is 4. The minimum absolute atomic E-state index is 0.342. The van der Waals surface area contributed by atoms with Crippen LogP contribution in [0.2, 0.25) is 0 Å². The zero-order valence-electron chi connectivity index (χ0n) is 13.2.